The van der Waals surface area contributed by atoms with Crippen LogP contribution in [0.25, 0.3) is 0 Å². The molecule has 1 aliphatic heterocycles. The molecule has 1 aliphatic rings. The molecule has 0 spiro atoms. The van der Waals surface area contributed by atoms with Crippen LogP contribution in [0.2, 0.25) is 0 Å². The molecule has 0 unspecified atom stereocenters. The monoisotopic (exact) mass is 118 g/mol. The van der Waals surface area contributed by atoms with E-state index in [1.54, 1.807) is 12.1 Å². The Hall–Kier alpha value is 0.270. The Kier molecular flexibility index (Phi) is 1.57. The normalized spacial score (nSPS) is 21.0. The fourth-order valence-electron chi connectivity index (χ4n) is 0.353. The molecule has 0 bridgehead atoms. The van der Waals surface area contributed by atoms with Gasteiger partial charge in [-0.1, -0.05) is 0 Å². The minimum atomic E-state index is 1.27. The lowest BCUT2D eigenvalue weighted by Crippen LogP contribution is -2.02. The Bertz CT molecular complexity index is 60.7. The lowest BCUT2D eigenvalue weighted by molar-refractivity contribution is 0.676. The van der Waals surface area contributed by atoms with Crippen molar-refractivity contribution in [1.82, 2.24) is 8.61 Å². The first kappa shape index (κ1) is 5.41. The highest BCUT2D eigenvalue weighted by Crippen LogP contribution is 2.19. The van der Waals surface area contributed by atoms with Gasteiger partial charge in [-0.15, -0.1) is 0 Å². The lowest BCUT2D eigenvalue weighted by Gasteiger charge is -2.05. The Morgan fingerprint density at radius 1 is 1.43 bits per heavy atom. The van der Waals surface area contributed by atoms with Gasteiger partial charge in [-0.05, 0) is 14.1 Å². The molecule has 7 heavy (non-hydrogen) atoms. The van der Waals surface area contributed by atoms with E-state index in [0.29, 0.717) is 0 Å². The predicted octanol–water partition coefficient (Wildman–Crippen LogP) is 0.427. The maximum absolute atomic E-state index is 2.29. The van der Waals surface area contributed by atoms with Gasteiger partial charge in [0.05, 0.1) is 0 Å². The van der Waals surface area contributed by atoms with Crippen LogP contribution in [0.3, 0.4) is 0 Å². The van der Waals surface area contributed by atoms with Gasteiger partial charge in [-0.3, -0.25) is 0 Å². The van der Waals surface area contributed by atoms with Crippen molar-refractivity contribution in [3.63, 3.8) is 0 Å². The average Bonchev–Trinajstić information content (AvgIpc) is 2.17. The molecule has 1 heterocycles. The largest absolute Gasteiger partial charge is 0.243 e. The molecule has 0 amide bonds. The highest BCUT2D eigenvalue weighted by Gasteiger charge is 2.18. The molecule has 0 saturated carbocycles. The molecule has 0 aromatic carbocycles. The molecule has 0 radical (unpaired) electrons. The molecule has 42 valence electrons. The maximum Gasteiger partial charge on any atom is 0.0240 e. The number of hydrogen-bond acceptors (Lipinski definition) is 3. The number of nitrogens with zero attached hydrogens (tertiary/aromatic N) is 2. The Balaban J connectivity index is 1.97. The third kappa shape index (κ3) is 2.16. The minimum absolute atomic E-state index is 1.27. The van der Waals surface area contributed by atoms with Crippen LogP contribution in [-0.4, -0.2) is 35.8 Å². The summed E-state index contributed by atoms with van der Waals surface area (Å²) in [6, 6.07) is 0. The standard InChI is InChI=1S/C4H10N2S/c1-5(2)7-6-3-4-6/h3-4H2,1-2H3. The summed E-state index contributed by atoms with van der Waals surface area (Å²) >= 11 is 1.79. The van der Waals surface area contributed by atoms with Gasteiger partial charge in [0.25, 0.3) is 0 Å². The number of rotatable bonds is 2. The summed E-state index contributed by atoms with van der Waals surface area (Å²) < 4.78 is 4.40. The van der Waals surface area contributed by atoms with Gasteiger partial charge >= 0.3 is 0 Å². The second-order valence-corrected chi connectivity index (χ2v) is 3.23. The molecule has 3 heteroatoms. The Labute approximate surface area is 48.7 Å². The minimum Gasteiger partial charge on any atom is -0.243 e. The van der Waals surface area contributed by atoms with Gasteiger partial charge in [0, 0.05) is 25.2 Å². The molecular formula is C4H10N2S. The van der Waals surface area contributed by atoms with Crippen molar-refractivity contribution in [3.05, 3.63) is 0 Å². The molecule has 1 fully saturated rings. The summed E-state index contributed by atoms with van der Waals surface area (Å²) in [5.74, 6) is 0. The first-order chi connectivity index (χ1) is 3.29. The third-order valence-corrected chi connectivity index (χ3v) is 1.61. The van der Waals surface area contributed by atoms with E-state index in [2.05, 4.69) is 22.7 Å². The predicted molar refractivity (Wildman–Crippen MR) is 32.9 cm³/mol. The van der Waals surface area contributed by atoms with Crippen LogP contribution in [0.1, 0.15) is 0 Å². The van der Waals surface area contributed by atoms with Crippen LogP contribution >= 0.6 is 12.1 Å². The zero-order valence-corrected chi connectivity index (χ0v) is 5.53. The van der Waals surface area contributed by atoms with Gasteiger partial charge in [-0.25, -0.2) is 8.61 Å². The van der Waals surface area contributed by atoms with Gasteiger partial charge in [0.15, 0.2) is 0 Å². The van der Waals surface area contributed by atoms with Gasteiger partial charge in [0.1, 0.15) is 0 Å². The molecule has 0 aliphatic carbocycles. The molecule has 0 aromatic rings. The molecular weight excluding hydrogens is 108 g/mol. The topological polar surface area (TPSA) is 6.25 Å². The quantitative estimate of drug-likeness (QED) is 0.383. The summed E-state index contributed by atoms with van der Waals surface area (Å²) in [5, 5.41) is 0. The van der Waals surface area contributed by atoms with E-state index < -0.39 is 0 Å². The first-order valence-corrected chi connectivity index (χ1v) is 3.12. The van der Waals surface area contributed by atoms with Crippen LogP contribution in [0, 0.1) is 0 Å². The highest BCUT2D eigenvalue weighted by atomic mass is 32.2. The Morgan fingerprint density at radius 3 is 2.14 bits per heavy atom. The van der Waals surface area contributed by atoms with Crippen molar-refractivity contribution < 1.29 is 0 Å². The molecule has 0 aromatic heterocycles. The first-order valence-electron chi connectivity index (χ1n) is 2.39. The molecule has 0 atom stereocenters. The van der Waals surface area contributed by atoms with Gasteiger partial charge in [0.2, 0.25) is 0 Å². The molecule has 1 saturated heterocycles. The van der Waals surface area contributed by atoms with Crippen LogP contribution < -0.4 is 0 Å². The zero-order valence-electron chi connectivity index (χ0n) is 4.72. The van der Waals surface area contributed by atoms with Crippen LogP contribution in [0.4, 0.5) is 0 Å². The fraction of sp³-hybridized carbons (Fsp3) is 1.00. The Morgan fingerprint density at radius 2 is 2.00 bits per heavy atom. The van der Waals surface area contributed by atoms with Gasteiger partial charge in [-0.2, -0.15) is 0 Å². The second-order valence-electron chi connectivity index (χ2n) is 1.82. The third-order valence-electron chi connectivity index (χ3n) is 0.685. The highest BCUT2D eigenvalue weighted by molar-refractivity contribution is 7.94. The van der Waals surface area contributed by atoms with Crippen molar-refractivity contribution in [1.29, 1.82) is 0 Å². The van der Waals surface area contributed by atoms with E-state index in [9.17, 15) is 0 Å². The van der Waals surface area contributed by atoms with Crippen molar-refractivity contribution >= 4 is 12.1 Å². The van der Waals surface area contributed by atoms with Crippen LogP contribution in [0.15, 0.2) is 0 Å². The van der Waals surface area contributed by atoms with E-state index in [0.717, 1.165) is 0 Å². The van der Waals surface area contributed by atoms with E-state index >= 15 is 0 Å². The van der Waals surface area contributed by atoms with Crippen molar-refractivity contribution in [2.45, 2.75) is 0 Å². The van der Waals surface area contributed by atoms with E-state index in [-0.39, 0.29) is 0 Å². The van der Waals surface area contributed by atoms with Crippen LogP contribution in [-0.2, 0) is 0 Å². The van der Waals surface area contributed by atoms with Crippen molar-refractivity contribution in [3.8, 4) is 0 Å². The van der Waals surface area contributed by atoms with Crippen LogP contribution in [0.5, 0.6) is 0 Å². The SMILES string of the molecule is CN(C)SN1CC1. The molecule has 0 N–H and O–H groups in total. The van der Waals surface area contributed by atoms with E-state index in [1.807, 2.05) is 0 Å². The van der Waals surface area contributed by atoms with E-state index in [1.165, 1.54) is 13.1 Å². The summed E-state index contributed by atoms with van der Waals surface area (Å²) in [4.78, 5) is 0. The summed E-state index contributed by atoms with van der Waals surface area (Å²) in [6.45, 7) is 2.53. The summed E-state index contributed by atoms with van der Waals surface area (Å²) in [5.41, 5.74) is 0. The second kappa shape index (κ2) is 2.03. The lowest BCUT2D eigenvalue weighted by atomic mass is 11.0. The maximum atomic E-state index is 2.29. The molecule has 1 rings (SSSR count). The summed E-state index contributed by atoms with van der Waals surface area (Å²) in [6.07, 6.45) is 0. The average molecular weight is 118 g/mol. The zero-order chi connectivity index (χ0) is 5.28. The smallest absolute Gasteiger partial charge is 0.0240 e. The summed E-state index contributed by atoms with van der Waals surface area (Å²) in [7, 11) is 4.12. The fourth-order valence-corrected chi connectivity index (χ4v) is 1.06. The van der Waals surface area contributed by atoms with Crippen molar-refractivity contribution in [2.75, 3.05) is 27.2 Å². The van der Waals surface area contributed by atoms with E-state index in [4.69, 9.17) is 0 Å². The van der Waals surface area contributed by atoms with Crippen molar-refractivity contribution in [2.24, 2.45) is 0 Å². The molecule has 2 nitrogen and oxygen atoms in total. The number of hydrogen-bond donors (Lipinski definition) is 0. The van der Waals surface area contributed by atoms with Gasteiger partial charge < -0.3 is 0 Å².